The first-order valence-electron chi connectivity index (χ1n) is 7.41. The summed E-state index contributed by atoms with van der Waals surface area (Å²) in [6.45, 7) is 11.8. The predicted molar refractivity (Wildman–Crippen MR) is 96.6 cm³/mol. The summed E-state index contributed by atoms with van der Waals surface area (Å²) in [5, 5.41) is 20.0. The van der Waals surface area contributed by atoms with Gasteiger partial charge in [0.25, 0.3) is 0 Å². The number of aliphatic hydroxyl groups excluding tert-OH is 1. The number of aliphatic hydroxyl groups is 1. The maximum absolute atomic E-state index is 9.19. The highest BCUT2D eigenvalue weighted by Gasteiger charge is 2.07. The van der Waals surface area contributed by atoms with Crippen LogP contribution in [0.15, 0.2) is 57.6 Å². The molecule has 0 aliphatic rings. The fourth-order valence-electron chi connectivity index (χ4n) is 1.90. The monoisotopic (exact) mass is 319 g/mol. The second-order valence-corrected chi connectivity index (χ2v) is 6.24. The average Bonchev–Trinajstić information content (AvgIpc) is 2.50. The molecular weight excluding hydrogens is 294 g/mol. The Hall–Kier alpha value is -1.59. The van der Waals surface area contributed by atoms with E-state index in [1.165, 1.54) is 11.8 Å². The Morgan fingerprint density at radius 3 is 2.59 bits per heavy atom. The van der Waals surface area contributed by atoms with Crippen molar-refractivity contribution in [3.05, 3.63) is 47.4 Å². The van der Waals surface area contributed by atoms with Crippen molar-refractivity contribution in [3.63, 3.8) is 0 Å². The van der Waals surface area contributed by atoms with E-state index in [1.807, 2.05) is 42.7 Å². The van der Waals surface area contributed by atoms with Crippen molar-refractivity contribution < 1.29 is 5.11 Å². The van der Waals surface area contributed by atoms with Crippen molar-refractivity contribution in [3.8, 4) is 0 Å². The molecule has 120 valence electrons. The minimum absolute atomic E-state index is 0.149. The second-order valence-electron chi connectivity index (χ2n) is 5.26. The third kappa shape index (κ3) is 6.91. The summed E-state index contributed by atoms with van der Waals surface area (Å²) in [5.74, 6) is 0.540. The number of benzene rings is 1. The standard InChI is InChI=1S/C17H25N3OS/c1-5-12-22-15(4)18-19-16-6-8-17(9-7-16)20(10-11-21)13-14(2)3/h5-9,12,14,21H,4,10-11,13H2,1-3H3/b12-5-,19-18?. The van der Waals surface area contributed by atoms with Crippen LogP contribution in [0.4, 0.5) is 11.4 Å². The molecule has 1 aromatic carbocycles. The molecule has 0 unspecified atom stereocenters. The SMILES string of the molecule is C=C(N=Nc1ccc(N(CCO)CC(C)C)cc1)S/C=C\C. The van der Waals surface area contributed by atoms with Crippen LogP contribution in [0.3, 0.4) is 0 Å². The molecule has 0 fully saturated rings. The molecular formula is C17H25N3OS. The second kappa shape index (κ2) is 10.2. The quantitative estimate of drug-likeness (QED) is 0.654. The highest BCUT2D eigenvalue weighted by Crippen LogP contribution is 2.23. The summed E-state index contributed by atoms with van der Waals surface area (Å²) < 4.78 is 0. The number of hydrogen-bond acceptors (Lipinski definition) is 5. The lowest BCUT2D eigenvalue weighted by Gasteiger charge is -2.25. The van der Waals surface area contributed by atoms with Crippen molar-refractivity contribution in [2.75, 3.05) is 24.6 Å². The number of allylic oxidation sites excluding steroid dienone is 1. The molecule has 1 aromatic rings. The number of nitrogens with zero attached hydrogens (tertiary/aromatic N) is 3. The molecule has 0 aliphatic carbocycles. The maximum atomic E-state index is 9.19. The van der Waals surface area contributed by atoms with E-state index in [2.05, 4.69) is 35.6 Å². The number of hydrogen-bond donors (Lipinski definition) is 1. The van der Waals surface area contributed by atoms with Gasteiger partial charge in [-0.05, 0) is 42.5 Å². The summed E-state index contributed by atoms with van der Waals surface area (Å²) in [4.78, 5) is 2.17. The van der Waals surface area contributed by atoms with Gasteiger partial charge in [-0.2, -0.15) is 5.11 Å². The Morgan fingerprint density at radius 2 is 2.05 bits per heavy atom. The van der Waals surface area contributed by atoms with E-state index >= 15 is 0 Å². The van der Waals surface area contributed by atoms with Gasteiger partial charge < -0.3 is 10.0 Å². The highest BCUT2D eigenvalue weighted by molar-refractivity contribution is 8.05. The number of azo groups is 1. The lowest BCUT2D eigenvalue weighted by molar-refractivity contribution is 0.300. The Kier molecular flexibility index (Phi) is 8.55. The van der Waals surface area contributed by atoms with Crippen LogP contribution in [0.1, 0.15) is 20.8 Å². The Balaban J connectivity index is 2.71. The molecule has 0 saturated heterocycles. The van der Waals surface area contributed by atoms with Crippen LogP contribution < -0.4 is 4.90 Å². The van der Waals surface area contributed by atoms with E-state index in [-0.39, 0.29) is 6.61 Å². The molecule has 22 heavy (non-hydrogen) atoms. The van der Waals surface area contributed by atoms with Gasteiger partial charge in [0.15, 0.2) is 0 Å². The van der Waals surface area contributed by atoms with Crippen molar-refractivity contribution in [2.24, 2.45) is 16.1 Å². The van der Waals surface area contributed by atoms with Crippen LogP contribution in [-0.4, -0.2) is 24.8 Å². The zero-order chi connectivity index (χ0) is 16.4. The zero-order valence-electron chi connectivity index (χ0n) is 13.6. The van der Waals surface area contributed by atoms with Gasteiger partial charge in [-0.3, -0.25) is 0 Å². The van der Waals surface area contributed by atoms with E-state index in [9.17, 15) is 5.11 Å². The molecule has 1 N–H and O–H groups in total. The van der Waals surface area contributed by atoms with E-state index < -0.39 is 0 Å². The summed E-state index contributed by atoms with van der Waals surface area (Å²) in [6.07, 6.45) is 1.94. The van der Waals surface area contributed by atoms with E-state index in [0.717, 1.165) is 17.9 Å². The van der Waals surface area contributed by atoms with Gasteiger partial charge in [-0.25, -0.2) is 0 Å². The smallest absolute Gasteiger partial charge is 0.116 e. The van der Waals surface area contributed by atoms with Crippen molar-refractivity contribution in [1.82, 2.24) is 0 Å². The molecule has 0 spiro atoms. The average molecular weight is 319 g/mol. The predicted octanol–water partition coefficient (Wildman–Crippen LogP) is 4.96. The van der Waals surface area contributed by atoms with Crippen LogP contribution in [-0.2, 0) is 0 Å². The van der Waals surface area contributed by atoms with Crippen molar-refractivity contribution in [2.45, 2.75) is 20.8 Å². The van der Waals surface area contributed by atoms with Crippen LogP contribution in [0.25, 0.3) is 0 Å². The van der Waals surface area contributed by atoms with Crippen molar-refractivity contribution in [1.29, 1.82) is 0 Å². The van der Waals surface area contributed by atoms with Crippen LogP contribution in [0.2, 0.25) is 0 Å². The molecule has 0 saturated carbocycles. The largest absolute Gasteiger partial charge is 0.395 e. The van der Waals surface area contributed by atoms with Crippen LogP contribution >= 0.6 is 11.8 Å². The lowest BCUT2D eigenvalue weighted by Crippen LogP contribution is -2.30. The first-order valence-corrected chi connectivity index (χ1v) is 8.29. The first-order chi connectivity index (χ1) is 10.6. The molecule has 0 heterocycles. The Morgan fingerprint density at radius 1 is 1.36 bits per heavy atom. The molecule has 5 heteroatoms. The fraction of sp³-hybridized carbons (Fsp3) is 0.412. The highest BCUT2D eigenvalue weighted by atomic mass is 32.2. The molecule has 1 rings (SSSR count). The molecule has 4 nitrogen and oxygen atoms in total. The van der Waals surface area contributed by atoms with Gasteiger partial charge in [-0.1, -0.05) is 38.3 Å². The van der Waals surface area contributed by atoms with Crippen molar-refractivity contribution >= 4 is 23.1 Å². The van der Waals surface area contributed by atoms with Gasteiger partial charge in [0.2, 0.25) is 0 Å². The Bertz CT molecular complexity index is 509. The van der Waals surface area contributed by atoms with Crippen LogP contribution in [0, 0.1) is 5.92 Å². The Labute approximate surface area is 137 Å². The van der Waals surface area contributed by atoms with E-state index in [4.69, 9.17) is 0 Å². The van der Waals surface area contributed by atoms with Crippen LogP contribution in [0.5, 0.6) is 0 Å². The number of rotatable bonds is 9. The summed E-state index contributed by atoms with van der Waals surface area (Å²) in [7, 11) is 0. The number of anilines is 1. The molecule has 0 aliphatic heterocycles. The summed E-state index contributed by atoms with van der Waals surface area (Å²) >= 11 is 1.45. The van der Waals surface area contributed by atoms with Gasteiger partial charge in [0.1, 0.15) is 5.03 Å². The fourth-order valence-corrected chi connectivity index (χ4v) is 2.28. The van der Waals surface area contributed by atoms with Gasteiger partial charge >= 0.3 is 0 Å². The zero-order valence-corrected chi connectivity index (χ0v) is 14.4. The van der Waals surface area contributed by atoms with E-state index in [1.54, 1.807) is 0 Å². The first kappa shape index (κ1) is 18.5. The summed E-state index contributed by atoms with van der Waals surface area (Å²) in [5.41, 5.74) is 1.88. The third-order valence-corrected chi connectivity index (χ3v) is 3.55. The molecule has 0 aromatic heterocycles. The number of thioether (sulfide) groups is 1. The molecule has 0 radical (unpaired) electrons. The lowest BCUT2D eigenvalue weighted by atomic mass is 10.2. The summed E-state index contributed by atoms with van der Waals surface area (Å²) in [6, 6.07) is 7.87. The van der Waals surface area contributed by atoms with Gasteiger partial charge in [-0.15, -0.1) is 5.11 Å². The molecule has 0 amide bonds. The van der Waals surface area contributed by atoms with Gasteiger partial charge in [0, 0.05) is 18.8 Å². The third-order valence-electron chi connectivity index (χ3n) is 2.79. The normalized spacial score (nSPS) is 11.7. The topological polar surface area (TPSA) is 48.2 Å². The van der Waals surface area contributed by atoms with E-state index in [0.29, 0.717) is 17.5 Å². The minimum atomic E-state index is 0.149. The maximum Gasteiger partial charge on any atom is 0.116 e. The van der Waals surface area contributed by atoms with Gasteiger partial charge in [0.05, 0.1) is 12.3 Å². The minimum Gasteiger partial charge on any atom is -0.395 e. The molecule has 0 atom stereocenters. The molecule has 0 bridgehead atoms.